The van der Waals surface area contributed by atoms with Crippen molar-refractivity contribution in [2.75, 3.05) is 19.1 Å². The van der Waals surface area contributed by atoms with E-state index in [-0.39, 0.29) is 5.97 Å². The van der Waals surface area contributed by atoms with E-state index in [1.54, 1.807) is 0 Å². The molecule has 0 saturated heterocycles. The smallest absolute Gasteiger partial charge is 0.354 e. The predicted octanol–water partition coefficient (Wildman–Crippen LogP) is 4.15. The van der Waals surface area contributed by atoms with Crippen molar-refractivity contribution in [3.05, 3.63) is 42.1 Å². The molecule has 0 atom stereocenters. The number of ether oxygens (including phenoxy) is 1. The Kier molecular flexibility index (Phi) is 7.48. The molecule has 0 aliphatic rings. The van der Waals surface area contributed by atoms with Crippen LogP contribution < -0.4 is 4.90 Å². The summed E-state index contributed by atoms with van der Waals surface area (Å²) in [5, 5.41) is 0. The molecule has 0 amide bonds. The van der Waals surface area contributed by atoms with Gasteiger partial charge in [0.25, 0.3) is 0 Å². The maximum absolute atomic E-state index is 11.9. The van der Waals surface area contributed by atoms with E-state index in [0.717, 1.165) is 18.5 Å². The van der Waals surface area contributed by atoms with Crippen LogP contribution in [-0.2, 0) is 9.53 Å². The van der Waals surface area contributed by atoms with Gasteiger partial charge in [-0.2, -0.15) is 0 Å². The van der Waals surface area contributed by atoms with Gasteiger partial charge in [-0.05, 0) is 25.0 Å². The second-order valence-electron chi connectivity index (χ2n) is 4.82. The van der Waals surface area contributed by atoms with Crippen molar-refractivity contribution >= 4 is 11.7 Å². The van der Waals surface area contributed by atoms with Crippen LogP contribution in [0.3, 0.4) is 0 Å². The van der Waals surface area contributed by atoms with Crippen LogP contribution in [0.5, 0.6) is 0 Å². The Balaban J connectivity index is 2.73. The summed E-state index contributed by atoms with van der Waals surface area (Å²) in [5.74, 6) is -0.285. The molecule has 0 saturated carbocycles. The zero-order valence-electron chi connectivity index (χ0n) is 12.8. The minimum absolute atomic E-state index is 0.285. The van der Waals surface area contributed by atoms with Crippen molar-refractivity contribution in [1.29, 1.82) is 0 Å². The lowest BCUT2D eigenvalue weighted by atomic mass is 10.1. The molecule has 0 unspecified atom stereocenters. The molecule has 110 valence electrons. The lowest BCUT2D eigenvalue weighted by Crippen LogP contribution is -2.24. The topological polar surface area (TPSA) is 29.5 Å². The maximum Gasteiger partial charge on any atom is 0.354 e. The number of hydrogen-bond acceptors (Lipinski definition) is 3. The number of benzene rings is 1. The third kappa shape index (κ3) is 5.08. The lowest BCUT2D eigenvalue weighted by molar-refractivity contribution is -0.136. The zero-order valence-corrected chi connectivity index (χ0v) is 12.8. The van der Waals surface area contributed by atoms with E-state index in [1.165, 1.54) is 26.4 Å². The van der Waals surface area contributed by atoms with Crippen LogP contribution in [-0.4, -0.2) is 20.1 Å². The number of anilines is 1. The summed E-state index contributed by atoms with van der Waals surface area (Å²) in [6.45, 7) is 2.19. The number of likely N-dealkylation sites (N-methyl/N-ethyl adjacent to an activating group) is 1. The molecular weight excluding hydrogens is 250 g/mol. The highest BCUT2D eigenvalue weighted by Gasteiger charge is 2.15. The van der Waals surface area contributed by atoms with Crippen LogP contribution in [0.4, 0.5) is 5.69 Å². The predicted molar refractivity (Wildman–Crippen MR) is 83.7 cm³/mol. The first-order valence-electron chi connectivity index (χ1n) is 7.28. The number of hydrogen-bond donors (Lipinski definition) is 0. The minimum atomic E-state index is -0.285. The molecular formula is C17H25NO2. The van der Waals surface area contributed by atoms with Crippen molar-refractivity contribution in [3.63, 3.8) is 0 Å². The number of esters is 1. The van der Waals surface area contributed by atoms with Gasteiger partial charge in [0.1, 0.15) is 5.70 Å². The van der Waals surface area contributed by atoms with Gasteiger partial charge < -0.3 is 9.64 Å². The standard InChI is InChI=1S/C17H25NO2/c1-4-5-6-7-11-14-16(17(19)20-3)18(2)15-12-9-8-10-13-15/h8-10,12-14H,4-7,11H2,1-3H3/b16-14-. The van der Waals surface area contributed by atoms with Gasteiger partial charge in [0.2, 0.25) is 0 Å². The normalized spacial score (nSPS) is 11.2. The van der Waals surface area contributed by atoms with Crippen molar-refractivity contribution < 1.29 is 9.53 Å². The number of allylic oxidation sites excluding steroid dienone is 1. The molecule has 1 aromatic carbocycles. The SMILES string of the molecule is CCCCCC/C=C(/C(=O)OC)N(C)c1ccccc1. The van der Waals surface area contributed by atoms with Crippen molar-refractivity contribution in [1.82, 2.24) is 0 Å². The van der Waals surface area contributed by atoms with E-state index < -0.39 is 0 Å². The number of carbonyl (C=O) groups excluding carboxylic acids is 1. The third-order valence-electron chi connectivity index (χ3n) is 3.29. The minimum Gasteiger partial charge on any atom is -0.464 e. The quantitative estimate of drug-likeness (QED) is 0.405. The monoisotopic (exact) mass is 275 g/mol. The highest BCUT2D eigenvalue weighted by atomic mass is 16.5. The molecule has 3 heteroatoms. The average Bonchev–Trinajstić information content (AvgIpc) is 2.50. The first-order valence-corrected chi connectivity index (χ1v) is 7.28. The summed E-state index contributed by atoms with van der Waals surface area (Å²) in [6, 6.07) is 9.84. The molecule has 0 aliphatic heterocycles. The number of carbonyl (C=O) groups is 1. The first kappa shape index (κ1) is 16.3. The van der Waals surface area contributed by atoms with Crippen molar-refractivity contribution in [2.24, 2.45) is 0 Å². The molecule has 0 radical (unpaired) electrons. The number of para-hydroxylation sites is 1. The van der Waals surface area contributed by atoms with Crippen LogP contribution in [0.1, 0.15) is 39.0 Å². The molecule has 0 aromatic heterocycles. The molecule has 0 heterocycles. The zero-order chi connectivity index (χ0) is 14.8. The van der Waals surface area contributed by atoms with Crippen molar-refractivity contribution in [2.45, 2.75) is 39.0 Å². The second kappa shape index (κ2) is 9.18. The largest absolute Gasteiger partial charge is 0.464 e. The van der Waals surface area contributed by atoms with Gasteiger partial charge in [-0.15, -0.1) is 0 Å². The molecule has 3 nitrogen and oxygen atoms in total. The number of unbranched alkanes of at least 4 members (excludes halogenated alkanes) is 4. The van der Waals surface area contributed by atoms with Gasteiger partial charge in [-0.3, -0.25) is 0 Å². The van der Waals surface area contributed by atoms with Crippen molar-refractivity contribution in [3.8, 4) is 0 Å². The van der Waals surface area contributed by atoms with Gasteiger partial charge >= 0.3 is 5.97 Å². The lowest BCUT2D eigenvalue weighted by Gasteiger charge is -2.21. The molecule has 0 fully saturated rings. The maximum atomic E-state index is 11.9. The fourth-order valence-corrected chi connectivity index (χ4v) is 2.06. The number of nitrogens with zero attached hydrogens (tertiary/aromatic N) is 1. The Morgan fingerprint density at radius 1 is 1.20 bits per heavy atom. The Labute approximate surface area is 122 Å². The fraction of sp³-hybridized carbons (Fsp3) is 0.471. The Morgan fingerprint density at radius 2 is 1.90 bits per heavy atom. The van der Waals surface area contributed by atoms with Crippen LogP contribution in [0.25, 0.3) is 0 Å². The Bertz CT molecular complexity index is 426. The molecule has 20 heavy (non-hydrogen) atoms. The van der Waals surface area contributed by atoms with Gasteiger partial charge in [-0.1, -0.05) is 50.5 Å². The highest BCUT2D eigenvalue weighted by molar-refractivity contribution is 5.92. The molecule has 1 rings (SSSR count). The van der Waals surface area contributed by atoms with E-state index in [9.17, 15) is 4.79 Å². The van der Waals surface area contributed by atoms with Crippen LogP contribution in [0.15, 0.2) is 42.1 Å². The van der Waals surface area contributed by atoms with Crippen LogP contribution >= 0.6 is 0 Å². The van der Waals surface area contributed by atoms with Crippen LogP contribution in [0, 0.1) is 0 Å². The Morgan fingerprint density at radius 3 is 2.50 bits per heavy atom. The summed E-state index contributed by atoms with van der Waals surface area (Å²) in [6.07, 6.45) is 7.66. The molecule has 1 aromatic rings. The van der Waals surface area contributed by atoms with E-state index in [1.807, 2.05) is 48.4 Å². The van der Waals surface area contributed by atoms with E-state index in [4.69, 9.17) is 4.74 Å². The van der Waals surface area contributed by atoms with Gasteiger partial charge in [0, 0.05) is 12.7 Å². The summed E-state index contributed by atoms with van der Waals surface area (Å²) in [7, 11) is 3.32. The number of methoxy groups -OCH3 is 1. The number of rotatable bonds is 8. The van der Waals surface area contributed by atoms with Crippen LogP contribution in [0.2, 0.25) is 0 Å². The second-order valence-corrected chi connectivity index (χ2v) is 4.82. The van der Waals surface area contributed by atoms with Gasteiger partial charge in [0.05, 0.1) is 7.11 Å². The summed E-state index contributed by atoms with van der Waals surface area (Å²) in [5.41, 5.74) is 1.59. The average molecular weight is 275 g/mol. The summed E-state index contributed by atoms with van der Waals surface area (Å²) < 4.78 is 4.88. The summed E-state index contributed by atoms with van der Waals surface area (Å²) >= 11 is 0. The summed E-state index contributed by atoms with van der Waals surface area (Å²) in [4.78, 5) is 13.8. The fourth-order valence-electron chi connectivity index (χ4n) is 2.06. The molecule has 0 spiro atoms. The van der Waals surface area contributed by atoms with E-state index >= 15 is 0 Å². The van der Waals surface area contributed by atoms with E-state index in [2.05, 4.69) is 6.92 Å². The van der Waals surface area contributed by atoms with Gasteiger partial charge in [0.15, 0.2) is 0 Å². The van der Waals surface area contributed by atoms with Gasteiger partial charge in [-0.25, -0.2) is 4.79 Å². The Hall–Kier alpha value is -1.77. The molecule has 0 bridgehead atoms. The third-order valence-corrected chi connectivity index (χ3v) is 3.29. The first-order chi connectivity index (χ1) is 9.70. The van der Waals surface area contributed by atoms with E-state index in [0.29, 0.717) is 5.70 Å². The molecule has 0 aliphatic carbocycles. The highest BCUT2D eigenvalue weighted by Crippen LogP contribution is 2.18. The molecule has 0 N–H and O–H groups in total.